The van der Waals surface area contributed by atoms with Gasteiger partial charge in [0.25, 0.3) is 0 Å². The highest BCUT2D eigenvalue weighted by Crippen LogP contribution is 2.13. The zero-order valence-corrected chi connectivity index (χ0v) is 13.9. The molecule has 0 aliphatic rings. The first kappa shape index (κ1) is 17.0. The van der Waals surface area contributed by atoms with Crippen molar-refractivity contribution in [3.63, 3.8) is 0 Å². The van der Waals surface area contributed by atoms with Crippen LogP contribution >= 0.6 is 0 Å². The summed E-state index contributed by atoms with van der Waals surface area (Å²) in [6, 6.07) is 9.98. The molecule has 23 heavy (non-hydrogen) atoms. The molecule has 0 spiro atoms. The van der Waals surface area contributed by atoms with E-state index < -0.39 is 0 Å². The van der Waals surface area contributed by atoms with E-state index in [1.54, 1.807) is 14.2 Å². The van der Waals surface area contributed by atoms with Gasteiger partial charge in [-0.1, -0.05) is 12.1 Å². The molecule has 6 heteroatoms. The minimum absolute atomic E-state index is 0.632. The van der Waals surface area contributed by atoms with Crippen LogP contribution in [-0.4, -0.2) is 43.9 Å². The van der Waals surface area contributed by atoms with E-state index in [-0.39, 0.29) is 0 Å². The number of anilines is 2. The second-order valence-electron chi connectivity index (χ2n) is 5.17. The smallest absolute Gasteiger partial charge is 0.224 e. The zero-order chi connectivity index (χ0) is 16.5. The van der Waals surface area contributed by atoms with Crippen LogP contribution in [0.3, 0.4) is 0 Å². The minimum Gasteiger partial charge on any atom is -0.497 e. The standard InChI is InChI=1S/C17H24N4O2/c1-13-11-16(18-9-10-22-2)21-17(20-13)19-8-7-14-5-4-6-15(12-14)23-3/h4-6,11-12H,7-10H2,1-3H3,(H2,18,19,20,21). The van der Waals surface area contributed by atoms with E-state index in [1.165, 1.54) is 5.56 Å². The molecule has 0 unspecified atom stereocenters. The Labute approximate surface area is 137 Å². The summed E-state index contributed by atoms with van der Waals surface area (Å²) < 4.78 is 10.3. The molecule has 0 bridgehead atoms. The van der Waals surface area contributed by atoms with Gasteiger partial charge in [-0.15, -0.1) is 0 Å². The Balaban J connectivity index is 1.89. The van der Waals surface area contributed by atoms with Gasteiger partial charge in [-0.05, 0) is 31.0 Å². The molecule has 2 aromatic rings. The number of nitrogens with zero attached hydrogens (tertiary/aromatic N) is 2. The lowest BCUT2D eigenvalue weighted by atomic mass is 10.1. The lowest BCUT2D eigenvalue weighted by Crippen LogP contribution is -2.12. The van der Waals surface area contributed by atoms with Gasteiger partial charge in [0, 0.05) is 32.0 Å². The number of aryl methyl sites for hydroxylation is 1. The van der Waals surface area contributed by atoms with Gasteiger partial charge in [-0.25, -0.2) is 4.98 Å². The lowest BCUT2D eigenvalue weighted by molar-refractivity contribution is 0.210. The van der Waals surface area contributed by atoms with E-state index in [9.17, 15) is 0 Å². The first-order chi connectivity index (χ1) is 11.2. The highest BCUT2D eigenvalue weighted by Gasteiger charge is 2.02. The predicted octanol–water partition coefficient (Wildman–Crippen LogP) is 2.51. The van der Waals surface area contributed by atoms with Crippen molar-refractivity contribution in [3.8, 4) is 5.75 Å². The SMILES string of the molecule is COCCNc1cc(C)nc(NCCc2cccc(OC)c2)n1. The van der Waals surface area contributed by atoms with Crippen LogP contribution in [0.15, 0.2) is 30.3 Å². The fourth-order valence-electron chi connectivity index (χ4n) is 2.17. The van der Waals surface area contributed by atoms with Crippen LogP contribution in [0.4, 0.5) is 11.8 Å². The van der Waals surface area contributed by atoms with Gasteiger partial charge in [0.15, 0.2) is 0 Å². The largest absolute Gasteiger partial charge is 0.497 e. The van der Waals surface area contributed by atoms with Crippen LogP contribution in [-0.2, 0) is 11.2 Å². The Morgan fingerprint density at radius 2 is 1.91 bits per heavy atom. The first-order valence-electron chi connectivity index (χ1n) is 7.66. The van der Waals surface area contributed by atoms with Crippen molar-refractivity contribution in [2.75, 3.05) is 44.5 Å². The quantitative estimate of drug-likeness (QED) is 0.693. The molecule has 0 saturated heterocycles. The highest BCUT2D eigenvalue weighted by molar-refractivity contribution is 5.42. The van der Waals surface area contributed by atoms with Crippen molar-refractivity contribution >= 4 is 11.8 Å². The zero-order valence-electron chi connectivity index (χ0n) is 13.9. The number of benzene rings is 1. The van der Waals surface area contributed by atoms with Gasteiger partial charge in [0.05, 0.1) is 13.7 Å². The fourth-order valence-corrected chi connectivity index (χ4v) is 2.17. The van der Waals surface area contributed by atoms with Crippen molar-refractivity contribution in [2.45, 2.75) is 13.3 Å². The molecule has 1 heterocycles. The predicted molar refractivity (Wildman–Crippen MR) is 92.3 cm³/mol. The van der Waals surface area contributed by atoms with Crippen LogP contribution < -0.4 is 15.4 Å². The summed E-state index contributed by atoms with van der Waals surface area (Å²) in [7, 11) is 3.36. The Hall–Kier alpha value is -2.34. The number of nitrogens with one attached hydrogen (secondary N) is 2. The van der Waals surface area contributed by atoms with E-state index in [1.807, 2.05) is 31.2 Å². The normalized spacial score (nSPS) is 10.4. The summed E-state index contributed by atoms with van der Waals surface area (Å²) in [5, 5.41) is 6.49. The van der Waals surface area contributed by atoms with Crippen LogP contribution in [0, 0.1) is 6.92 Å². The highest BCUT2D eigenvalue weighted by atomic mass is 16.5. The second kappa shape index (κ2) is 8.95. The van der Waals surface area contributed by atoms with Crippen LogP contribution in [0.2, 0.25) is 0 Å². The minimum atomic E-state index is 0.632. The maximum Gasteiger partial charge on any atom is 0.224 e. The third-order valence-electron chi connectivity index (χ3n) is 3.30. The van der Waals surface area contributed by atoms with Gasteiger partial charge in [0.2, 0.25) is 5.95 Å². The monoisotopic (exact) mass is 316 g/mol. The third kappa shape index (κ3) is 5.75. The molecular weight excluding hydrogens is 292 g/mol. The number of rotatable bonds is 9. The number of aromatic nitrogens is 2. The molecule has 1 aromatic heterocycles. The van der Waals surface area contributed by atoms with E-state index in [0.717, 1.165) is 36.8 Å². The van der Waals surface area contributed by atoms with Crippen LogP contribution in [0.1, 0.15) is 11.3 Å². The first-order valence-corrected chi connectivity index (χ1v) is 7.66. The van der Waals surface area contributed by atoms with Crippen molar-refractivity contribution < 1.29 is 9.47 Å². The second-order valence-corrected chi connectivity index (χ2v) is 5.17. The Bertz CT molecular complexity index is 619. The molecule has 0 aliphatic carbocycles. The van der Waals surface area contributed by atoms with E-state index >= 15 is 0 Å². The molecule has 0 atom stereocenters. The number of methoxy groups -OCH3 is 2. The van der Waals surface area contributed by atoms with Gasteiger partial charge in [-0.2, -0.15) is 4.98 Å². The van der Waals surface area contributed by atoms with Crippen molar-refractivity contribution in [3.05, 3.63) is 41.6 Å². The van der Waals surface area contributed by atoms with Gasteiger partial charge >= 0.3 is 0 Å². The molecule has 0 saturated carbocycles. The van der Waals surface area contributed by atoms with E-state index in [0.29, 0.717) is 12.6 Å². The maximum absolute atomic E-state index is 5.23. The molecule has 0 aliphatic heterocycles. The Morgan fingerprint density at radius 1 is 1.04 bits per heavy atom. The molecule has 0 amide bonds. The van der Waals surface area contributed by atoms with Crippen molar-refractivity contribution in [1.29, 1.82) is 0 Å². The molecule has 0 fully saturated rings. The topological polar surface area (TPSA) is 68.3 Å². The molecule has 2 N–H and O–H groups in total. The number of ether oxygens (including phenoxy) is 2. The Morgan fingerprint density at radius 3 is 2.70 bits per heavy atom. The van der Waals surface area contributed by atoms with Crippen LogP contribution in [0.5, 0.6) is 5.75 Å². The summed E-state index contributed by atoms with van der Waals surface area (Å²) in [6.45, 7) is 4.07. The fraction of sp³-hybridized carbons (Fsp3) is 0.412. The number of hydrogen-bond donors (Lipinski definition) is 2. The molecule has 6 nitrogen and oxygen atoms in total. The summed E-state index contributed by atoms with van der Waals surface area (Å²) in [4.78, 5) is 8.87. The molecule has 124 valence electrons. The lowest BCUT2D eigenvalue weighted by Gasteiger charge is -2.10. The van der Waals surface area contributed by atoms with Crippen LogP contribution in [0.25, 0.3) is 0 Å². The van der Waals surface area contributed by atoms with E-state index in [4.69, 9.17) is 9.47 Å². The summed E-state index contributed by atoms with van der Waals surface area (Å²) in [5.74, 6) is 2.31. The average molecular weight is 316 g/mol. The molecular formula is C17H24N4O2. The van der Waals surface area contributed by atoms with Crippen molar-refractivity contribution in [2.24, 2.45) is 0 Å². The average Bonchev–Trinajstić information content (AvgIpc) is 2.55. The van der Waals surface area contributed by atoms with Gasteiger partial charge in [-0.3, -0.25) is 0 Å². The summed E-state index contributed by atoms with van der Waals surface area (Å²) in [6.07, 6.45) is 0.876. The molecule has 2 rings (SSSR count). The third-order valence-corrected chi connectivity index (χ3v) is 3.30. The molecule has 1 aromatic carbocycles. The Kier molecular flexibility index (Phi) is 6.62. The summed E-state index contributed by atoms with van der Waals surface area (Å²) in [5.41, 5.74) is 2.13. The molecule has 0 radical (unpaired) electrons. The maximum atomic E-state index is 5.23. The summed E-state index contributed by atoms with van der Waals surface area (Å²) >= 11 is 0. The number of hydrogen-bond acceptors (Lipinski definition) is 6. The van der Waals surface area contributed by atoms with Crippen molar-refractivity contribution in [1.82, 2.24) is 9.97 Å². The van der Waals surface area contributed by atoms with E-state index in [2.05, 4.69) is 26.7 Å². The van der Waals surface area contributed by atoms with Gasteiger partial charge in [0.1, 0.15) is 11.6 Å². The van der Waals surface area contributed by atoms with Gasteiger partial charge < -0.3 is 20.1 Å².